The number of amides is 2. The van der Waals surface area contributed by atoms with Crippen molar-refractivity contribution in [3.8, 4) is 0 Å². The minimum Gasteiger partial charge on any atom is -0.446 e. The Hall–Kier alpha value is -3.43. The van der Waals surface area contributed by atoms with Gasteiger partial charge < -0.3 is 26.5 Å². The van der Waals surface area contributed by atoms with Crippen molar-refractivity contribution in [3.63, 3.8) is 0 Å². The highest BCUT2D eigenvalue weighted by molar-refractivity contribution is 5.98. The van der Waals surface area contributed by atoms with Crippen LogP contribution in [0.5, 0.6) is 0 Å². The van der Waals surface area contributed by atoms with Crippen LogP contribution in [0.25, 0.3) is 0 Å². The highest BCUT2D eigenvalue weighted by atomic mass is 19.1. The van der Waals surface area contributed by atoms with Gasteiger partial charge >= 0.3 is 6.09 Å². The van der Waals surface area contributed by atoms with Gasteiger partial charge in [-0.1, -0.05) is 0 Å². The quantitative estimate of drug-likeness (QED) is 0.574. The van der Waals surface area contributed by atoms with E-state index in [1.807, 2.05) is 13.8 Å². The van der Waals surface area contributed by atoms with Gasteiger partial charge in [-0.25, -0.2) is 9.18 Å². The van der Waals surface area contributed by atoms with E-state index in [9.17, 15) is 14.0 Å². The van der Waals surface area contributed by atoms with Gasteiger partial charge in [0.1, 0.15) is 17.5 Å². The van der Waals surface area contributed by atoms with Crippen molar-refractivity contribution < 1.29 is 18.7 Å². The van der Waals surface area contributed by atoms with E-state index in [2.05, 4.69) is 15.7 Å². The van der Waals surface area contributed by atoms with Crippen LogP contribution in [0.4, 0.5) is 20.7 Å². The molecule has 1 aliphatic carbocycles. The highest BCUT2D eigenvalue weighted by Crippen LogP contribution is 2.29. The molecule has 1 aromatic heterocycles. The number of rotatable bonds is 6. The molecule has 160 valence electrons. The summed E-state index contributed by atoms with van der Waals surface area (Å²) >= 11 is 0. The molecule has 1 aliphatic rings. The monoisotopic (exact) mass is 416 g/mol. The van der Waals surface area contributed by atoms with E-state index >= 15 is 0 Å². The van der Waals surface area contributed by atoms with Crippen molar-refractivity contribution in [2.75, 3.05) is 5.32 Å². The Bertz CT molecular complexity index is 941. The van der Waals surface area contributed by atoms with E-state index in [0.717, 1.165) is 0 Å². The zero-order valence-corrected chi connectivity index (χ0v) is 16.8. The average Bonchev–Trinajstić information content (AvgIpc) is 3.07. The second-order valence-electron chi connectivity index (χ2n) is 7.52. The Morgan fingerprint density at radius 1 is 1.30 bits per heavy atom. The molecule has 0 saturated heterocycles. The van der Waals surface area contributed by atoms with Crippen LogP contribution in [-0.2, 0) is 4.74 Å². The number of anilines is 2. The fourth-order valence-electron chi connectivity index (χ4n) is 3.31. The number of ether oxygens (including phenoxy) is 1. The molecule has 0 radical (unpaired) electrons. The Labute approximate surface area is 173 Å². The number of carbonyl (C=O) groups excluding carboxylic acids is 2. The standard InChI is InChI=1S/C20H25FN6O3/c1-11(2)24-20(29)30-14-7-8-17(16(22)9-14)27-10-15(18(23)28)19(26-27)25-13-5-3-12(21)4-6-13/h3-6,10-11,14,17,22H,7-9H2,1-2H3,(H2,23,28)(H,24,29)(H,25,26)/t14-,17?/m1/s1. The second-order valence-corrected chi connectivity index (χ2v) is 7.52. The van der Waals surface area contributed by atoms with Crippen molar-refractivity contribution in [2.24, 2.45) is 5.73 Å². The van der Waals surface area contributed by atoms with Gasteiger partial charge in [-0.15, -0.1) is 0 Å². The lowest BCUT2D eigenvalue weighted by atomic mass is 9.91. The topological polar surface area (TPSA) is 135 Å². The van der Waals surface area contributed by atoms with Crippen LogP contribution in [0.1, 0.15) is 49.5 Å². The van der Waals surface area contributed by atoms with Crippen LogP contribution in [0.3, 0.4) is 0 Å². The van der Waals surface area contributed by atoms with Crippen LogP contribution >= 0.6 is 0 Å². The molecule has 1 saturated carbocycles. The average molecular weight is 416 g/mol. The number of hydrogen-bond acceptors (Lipinski definition) is 6. The SMILES string of the molecule is CC(C)NC(=O)O[C@@H]1CCC(n2cc(C(N)=O)c(Nc3ccc(F)cc3)n2)C(=N)C1. The molecule has 5 N–H and O–H groups in total. The lowest BCUT2D eigenvalue weighted by Crippen LogP contribution is -2.37. The summed E-state index contributed by atoms with van der Waals surface area (Å²) in [6.45, 7) is 3.68. The van der Waals surface area contributed by atoms with E-state index in [-0.39, 0.29) is 41.8 Å². The molecule has 1 aromatic carbocycles. The van der Waals surface area contributed by atoms with Gasteiger partial charge in [-0.3, -0.25) is 9.48 Å². The number of carbonyl (C=O) groups is 2. The summed E-state index contributed by atoms with van der Waals surface area (Å²) in [5.74, 6) is -0.813. The molecule has 1 unspecified atom stereocenters. The van der Waals surface area contributed by atoms with E-state index < -0.39 is 12.0 Å². The Morgan fingerprint density at radius 3 is 2.60 bits per heavy atom. The van der Waals surface area contributed by atoms with Gasteiger partial charge in [0.25, 0.3) is 5.91 Å². The number of benzene rings is 1. The summed E-state index contributed by atoms with van der Waals surface area (Å²) < 4.78 is 20.0. The number of nitrogens with one attached hydrogen (secondary N) is 3. The molecule has 2 amide bonds. The zero-order chi connectivity index (χ0) is 21.8. The maximum atomic E-state index is 13.1. The van der Waals surface area contributed by atoms with Gasteiger partial charge in [0, 0.05) is 30.1 Å². The Morgan fingerprint density at radius 2 is 2.00 bits per heavy atom. The maximum absolute atomic E-state index is 13.1. The molecular weight excluding hydrogens is 391 g/mol. The summed E-state index contributed by atoms with van der Waals surface area (Å²) in [6.07, 6.45) is 1.99. The van der Waals surface area contributed by atoms with E-state index in [1.165, 1.54) is 35.1 Å². The molecule has 2 aromatic rings. The third-order valence-electron chi connectivity index (χ3n) is 4.72. The van der Waals surface area contributed by atoms with Crippen molar-refractivity contribution in [1.82, 2.24) is 15.1 Å². The smallest absolute Gasteiger partial charge is 0.407 e. The van der Waals surface area contributed by atoms with Gasteiger partial charge in [0.05, 0.1) is 6.04 Å². The van der Waals surface area contributed by atoms with Crippen molar-refractivity contribution >= 4 is 29.2 Å². The maximum Gasteiger partial charge on any atom is 0.407 e. The molecule has 30 heavy (non-hydrogen) atoms. The number of hydrogen-bond donors (Lipinski definition) is 4. The number of primary amides is 1. The third kappa shape index (κ3) is 5.13. The summed E-state index contributed by atoms with van der Waals surface area (Å²) in [7, 11) is 0. The summed E-state index contributed by atoms with van der Waals surface area (Å²) in [4.78, 5) is 23.6. The van der Waals surface area contributed by atoms with Crippen LogP contribution in [-0.4, -0.2) is 39.6 Å². The molecule has 10 heteroatoms. The van der Waals surface area contributed by atoms with Crippen LogP contribution in [0.15, 0.2) is 30.5 Å². The molecule has 1 fully saturated rings. The van der Waals surface area contributed by atoms with Crippen LogP contribution < -0.4 is 16.4 Å². The molecule has 1 heterocycles. The normalized spacial score (nSPS) is 18.9. The summed E-state index contributed by atoms with van der Waals surface area (Å²) in [6, 6.07) is 5.21. The van der Waals surface area contributed by atoms with Gasteiger partial charge in [0.15, 0.2) is 5.82 Å². The first-order chi connectivity index (χ1) is 14.2. The first-order valence-electron chi connectivity index (χ1n) is 9.69. The number of halogens is 1. The fourth-order valence-corrected chi connectivity index (χ4v) is 3.31. The molecule has 3 rings (SSSR count). The highest BCUT2D eigenvalue weighted by Gasteiger charge is 2.31. The van der Waals surface area contributed by atoms with Gasteiger partial charge in [-0.05, 0) is 51.0 Å². The lowest BCUT2D eigenvalue weighted by Gasteiger charge is -2.29. The Kier molecular flexibility index (Phi) is 6.34. The first-order valence-corrected chi connectivity index (χ1v) is 9.69. The van der Waals surface area contributed by atoms with Crippen molar-refractivity contribution in [3.05, 3.63) is 41.8 Å². The summed E-state index contributed by atoms with van der Waals surface area (Å²) in [5, 5.41) is 18.4. The second kappa shape index (κ2) is 8.93. The van der Waals surface area contributed by atoms with E-state index in [1.54, 1.807) is 0 Å². The Balaban J connectivity index is 1.71. The van der Waals surface area contributed by atoms with Crippen LogP contribution in [0, 0.1) is 11.2 Å². The third-order valence-corrected chi connectivity index (χ3v) is 4.72. The number of alkyl carbamates (subject to hydrolysis) is 1. The molecule has 0 aliphatic heterocycles. The lowest BCUT2D eigenvalue weighted by molar-refractivity contribution is 0.0857. The number of aromatic nitrogens is 2. The first kappa shape index (κ1) is 21.3. The molecular formula is C20H25FN6O3. The zero-order valence-electron chi connectivity index (χ0n) is 16.8. The largest absolute Gasteiger partial charge is 0.446 e. The van der Waals surface area contributed by atoms with Crippen molar-refractivity contribution in [1.29, 1.82) is 5.41 Å². The predicted molar refractivity (Wildman–Crippen MR) is 110 cm³/mol. The number of nitrogens with two attached hydrogens (primary N) is 1. The van der Waals surface area contributed by atoms with E-state index in [0.29, 0.717) is 24.2 Å². The van der Waals surface area contributed by atoms with Gasteiger partial charge in [-0.2, -0.15) is 5.10 Å². The molecule has 0 bridgehead atoms. The van der Waals surface area contributed by atoms with Gasteiger partial charge in [0.2, 0.25) is 0 Å². The molecule has 9 nitrogen and oxygen atoms in total. The summed E-state index contributed by atoms with van der Waals surface area (Å²) in [5.41, 5.74) is 6.54. The molecule has 2 atom stereocenters. The minimum atomic E-state index is -0.667. The van der Waals surface area contributed by atoms with E-state index in [4.69, 9.17) is 15.9 Å². The fraction of sp³-hybridized carbons (Fsp3) is 0.400. The minimum absolute atomic E-state index is 0.0309. The predicted octanol–water partition coefficient (Wildman–Crippen LogP) is 3.11. The van der Waals surface area contributed by atoms with Crippen LogP contribution in [0.2, 0.25) is 0 Å². The number of nitrogens with zero attached hydrogens (tertiary/aromatic N) is 2. The molecule has 0 spiro atoms. The van der Waals surface area contributed by atoms with Crippen molar-refractivity contribution in [2.45, 2.75) is 51.3 Å².